The van der Waals surface area contributed by atoms with Crippen LogP contribution in [0.15, 0.2) is 95.5 Å². The molecule has 0 spiro atoms. The summed E-state index contributed by atoms with van der Waals surface area (Å²) in [6.45, 7) is 7.95. The lowest BCUT2D eigenvalue weighted by Crippen LogP contribution is -2.30. The van der Waals surface area contributed by atoms with Crippen LogP contribution in [0.25, 0.3) is 55.1 Å². The van der Waals surface area contributed by atoms with Crippen molar-refractivity contribution in [1.29, 1.82) is 0 Å². The molecule has 0 aliphatic carbocycles. The summed E-state index contributed by atoms with van der Waals surface area (Å²) < 4.78 is 25.7. The van der Waals surface area contributed by atoms with Crippen LogP contribution in [0.1, 0.15) is 34.6 Å². The van der Waals surface area contributed by atoms with Gasteiger partial charge in [0, 0.05) is 36.6 Å². The third-order valence-corrected chi connectivity index (χ3v) is 6.87. The van der Waals surface area contributed by atoms with E-state index >= 15 is 0 Å². The Morgan fingerprint density at radius 3 is 2.36 bits per heavy atom. The first-order chi connectivity index (χ1) is 18.0. The predicted molar refractivity (Wildman–Crippen MR) is 151 cm³/mol. The van der Waals surface area contributed by atoms with Crippen molar-refractivity contribution < 1.29 is 11.7 Å². The summed E-state index contributed by atoms with van der Waals surface area (Å²) in [7, 11) is 2.07. The molecule has 6 rings (SSSR count). The fourth-order valence-corrected chi connectivity index (χ4v) is 5.12. The quantitative estimate of drug-likeness (QED) is 0.235. The lowest BCUT2D eigenvalue weighted by molar-refractivity contribution is -0.660. The topological polar surface area (TPSA) is 17.0 Å². The van der Waals surface area contributed by atoms with Gasteiger partial charge in [-0.15, -0.1) is 0 Å². The lowest BCUT2D eigenvalue weighted by Gasteiger charge is -2.18. The Hall–Kier alpha value is -3.91. The molecule has 4 aromatic carbocycles. The van der Waals surface area contributed by atoms with Crippen molar-refractivity contribution in [2.75, 3.05) is 0 Å². The molecule has 0 bridgehead atoms. The molecule has 2 heteroatoms. The van der Waals surface area contributed by atoms with Crippen molar-refractivity contribution in [1.82, 2.24) is 0 Å². The molecule has 2 heterocycles. The van der Waals surface area contributed by atoms with Crippen LogP contribution in [-0.4, -0.2) is 0 Å². The Morgan fingerprint density at radius 2 is 1.58 bits per heavy atom. The normalized spacial score (nSPS) is 13.4. The van der Waals surface area contributed by atoms with E-state index in [0.717, 1.165) is 49.7 Å². The molecule has 36 heavy (non-hydrogen) atoms. The third-order valence-electron chi connectivity index (χ3n) is 6.87. The van der Waals surface area contributed by atoms with Gasteiger partial charge in [0.1, 0.15) is 18.2 Å². The monoisotopic (exact) mass is 472 g/mol. The molecule has 178 valence electrons. The van der Waals surface area contributed by atoms with Gasteiger partial charge < -0.3 is 4.42 Å². The van der Waals surface area contributed by atoms with Crippen LogP contribution in [0.3, 0.4) is 0 Å². The number of fused-ring (bicyclic) bond motifs is 5. The van der Waals surface area contributed by atoms with Crippen LogP contribution in [0.5, 0.6) is 0 Å². The molecule has 0 aliphatic heterocycles. The van der Waals surface area contributed by atoms with Crippen molar-refractivity contribution in [3.8, 4) is 22.4 Å². The Bertz CT molecular complexity index is 1840. The number of hydrogen-bond acceptors (Lipinski definition) is 1. The van der Waals surface area contributed by atoms with E-state index in [4.69, 9.17) is 7.16 Å². The Labute approximate surface area is 215 Å². The molecule has 2 aromatic heterocycles. The number of rotatable bonds is 3. The molecule has 0 N–H and O–H groups in total. The molecule has 6 aromatic rings. The number of benzene rings is 4. The van der Waals surface area contributed by atoms with Crippen molar-refractivity contribution in [3.63, 3.8) is 0 Å². The molecule has 0 saturated carbocycles. The first kappa shape index (κ1) is 20.3. The highest BCUT2D eigenvalue weighted by molar-refractivity contribution is 6.15. The Morgan fingerprint density at radius 1 is 0.806 bits per heavy atom. The summed E-state index contributed by atoms with van der Waals surface area (Å²) in [5, 5.41) is 4.55. The van der Waals surface area contributed by atoms with E-state index in [1.165, 1.54) is 10.9 Å². The van der Waals surface area contributed by atoms with Gasteiger partial charge in [-0.1, -0.05) is 75.4 Å². The maximum absolute atomic E-state index is 8.60. The molecule has 2 nitrogen and oxygen atoms in total. The van der Waals surface area contributed by atoms with Gasteiger partial charge >= 0.3 is 0 Å². The zero-order chi connectivity index (χ0) is 26.8. The van der Waals surface area contributed by atoms with E-state index in [0.29, 0.717) is 5.56 Å². The first-order valence-corrected chi connectivity index (χ1v) is 12.5. The SMILES string of the molecule is [2H]C([2H])(c1ccc(-c2cc[n+](C)c(-c3cc4c(cc3C)oc3c5ccccc5ccc43)c2)cc1)C(C)(C)C. The number of hydrogen-bond donors (Lipinski definition) is 0. The largest absolute Gasteiger partial charge is 0.455 e. The molecule has 0 aliphatic rings. The lowest BCUT2D eigenvalue weighted by atomic mass is 9.87. The van der Waals surface area contributed by atoms with Crippen molar-refractivity contribution in [2.45, 2.75) is 34.1 Å². The maximum Gasteiger partial charge on any atom is 0.213 e. The average molecular weight is 473 g/mol. The van der Waals surface area contributed by atoms with Gasteiger partial charge in [-0.2, -0.15) is 0 Å². The highest BCUT2D eigenvalue weighted by atomic mass is 16.3. The smallest absolute Gasteiger partial charge is 0.213 e. The number of nitrogens with zero attached hydrogens (tertiary/aromatic N) is 1. The van der Waals surface area contributed by atoms with Crippen molar-refractivity contribution >= 4 is 32.7 Å². The fraction of sp³-hybridized carbons (Fsp3) is 0.206. The number of aromatic nitrogens is 1. The summed E-state index contributed by atoms with van der Waals surface area (Å²) in [6, 6.07) is 29.3. The average Bonchev–Trinajstić information content (AvgIpc) is 3.26. The van der Waals surface area contributed by atoms with E-state index in [1.54, 1.807) is 0 Å². The second kappa shape index (κ2) is 8.34. The molecule has 0 fully saturated rings. The van der Waals surface area contributed by atoms with E-state index in [1.807, 2.05) is 45.0 Å². The first-order valence-electron chi connectivity index (χ1n) is 13.5. The Balaban J connectivity index is 1.46. The second-order valence-electron chi connectivity index (χ2n) is 10.8. The summed E-state index contributed by atoms with van der Waals surface area (Å²) in [4.78, 5) is 0. The standard InChI is InChI=1S/C34H32NO/c1-22-18-32-30(28-15-14-25-8-6-7-9-27(25)33(28)36-32)20-29(22)31-19-26(16-17-35(31)5)24-12-10-23(11-13-24)21-34(2,3)4/h6-20H,21H2,1-5H3/q+1/i21D2. The molecular formula is C34H32NO+. The zero-order valence-corrected chi connectivity index (χ0v) is 21.5. The molecule has 0 unspecified atom stereocenters. The van der Waals surface area contributed by atoms with Gasteiger partial charge in [-0.25, -0.2) is 4.57 Å². The van der Waals surface area contributed by atoms with Crippen LogP contribution in [0.2, 0.25) is 0 Å². The van der Waals surface area contributed by atoms with Crippen molar-refractivity contribution in [2.24, 2.45) is 12.5 Å². The van der Waals surface area contributed by atoms with Crippen LogP contribution in [0.4, 0.5) is 0 Å². The number of furan rings is 1. The van der Waals surface area contributed by atoms with Gasteiger partial charge in [-0.05, 0) is 64.6 Å². The summed E-state index contributed by atoms with van der Waals surface area (Å²) in [6.07, 6.45) is 0.683. The summed E-state index contributed by atoms with van der Waals surface area (Å²) >= 11 is 0. The second-order valence-corrected chi connectivity index (χ2v) is 10.8. The number of aryl methyl sites for hydroxylation is 2. The fourth-order valence-electron chi connectivity index (χ4n) is 5.12. The minimum absolute atomic E-state index is 0.484. The van der Waals surface area contributed by atoms with Crippen LogP contribution >= 0.6 is 0 Å². The van der Waals surface area contributed by atoms with E-state index in [2.05, 4.69) is 85.4 Å². The van der Waals surface area contributed by atoms with Gasteiger partial charge in [0.05, 0.1) is 0 Å². The van der Waals surface area contributed by atoms with Gasteiger partial charge in [0.25, 0.3) is 0 Å². The van der Waals surface area contributed by atoms with Gasteiger partial charge in [0.2, 0.25) is 5.69 Å². The molecule has 0 saturated heterocycles. The van der Waals surface area contributed by atoms with E-state index < -0.39 is 11.8 Å². The van der Waals surface area contributed by atoms with Crippen molar-refractivity contribution in [3.05, 3.63) is 102 Å². The zero-order valence-electron chi connectivity index (χ0n) is 23.5. The third kappa shape index (κ3) is 3.97. The maximum atomic E-state index is 8.60. The minimum atomic E-state index is -1.41. The highest BCUT2D eigenvalue weighted by Crippen LogP contribution is 2.37. The summed E-state index contributed by atoms with van der Waals surface area (Å²) in [5.74, 6) is 0. The molecule has 0 amide bonds. The molecule has 0 atom stereocenters. The minimum Gasteiger partial charge on any atom is -0.455 e. The highest BCUT2D eigenvalue weighted by Gasteiger charge is 2.19. The van der Waals surface area contributed by atoms with Gasteiger partial charge in [0.15, 0.2) is 6.20 Å². The van der Waals surface area contributed by atoms with Crippen LogP contribution < -0.4 is 4.57 Å². The van der Waals surface area contributed by atoms with E-state index in [9.17, 15) is 0 Å². The molecule has 0 radical (unpaired) electrons. The van der Waals surface area contributed by atoms with E-state index in [-0.39, 0.29) is 0 Å². The van der Waals surface area contributed by atoms with Crippen LogP contribution in [0, 0.1) is 12.3 Å². The van der Waals surface area contributed by atoms with Gasteiger partial charge in [-0.3, -0.25) is 0 Å². The predicted octanol–water partition coefficient (Wildman–Crippen LogP) is 8.79. The summed E-state index contributed by atoms with van der Waals surface area (Å²) in [5.41, 5.74) is 7.66. The molecular weight excluding hydrogens is 438 g/mol. The Kier molecular flexibility index (Phi) is 4.70. The van der Waals surface area contributed by atoms with Crippen LogP contribution in [-0.2, 0) is 13.4 Å². The number of pyridine rings is 1.